The van der Waals surface area contributed by atoms with Crippen molar-refractivity contribution in [2.45, 2.75) is 11.4 Å². The maximum Gasteiger partial charge on any atom is 0.240 e. The van der Waals surface area contributed by atoms with Crippen LogP contribution in [0, 0.1) is 5.82 Å². The summed E-state index contributed by atoms with van der Waals surface area (Å²) < 4.78 is 40.7. The first-order chi connectivity index (χ1) is 15.4. The molecule has 9 nitrogen and oxygen atoms in total. The van der Waals surface area contributed by atoms with E-state index in [4.69, 9.17) is 11.6 Å². The summed E-state index contributed by atoms with van der Waals surface area (Å²) in [6.45, 7) is -0.111. The topological polar surface area (TPSA) is 132 Å². The number of anilines is 1. The van der Waals surface area contributed by atoms with E-state index >= 15 is 0 Å². The van der Waals surface area contributed by atoms with E-state index in [0.29, 0.717) is 22.6 Å². The quantitative estimate of drug-likeness (QED) is 0.146. The molecule has 0 saturated carbocycles. The van der Waals surface area contributed by atoms with Crippen molar-refractivity contribution in [3.63, 3.8) is 0 Å². The molecular formula is C20H16ClFN6O3S. The lowest BCUT2D eigenvalue weighted by Gasteiger charge is -2.09. The molecule has 0 aliphatic heterocycles. The van der Waals surface area contributed by atoms with Gasteiger partial charge in [-0.05, 0) is 36.4 Å². The summed E-state index contributed by atoms with van der Waals surface area (Å²) in [5.74, 6) is -0.246. The van der Waals surface area contributed by atoms with Gasteiger partial charge in [-0.25, -0.2) is 27.5 Å². The highest BCUT2D eigenvalue weighted by molar-refractivity contribution is 7.89. The number of hydrogen-bond donors (Lipinski definition) is 4. The summed E-state index contributed by atoms with van der Waals surface area (Å²) in [4.78, 5) is 11.6. The van der Waals surface area contributed by atoms with Crippen molar-refractivity contribution in [2.75, 3.05) is 5.32 Å². The molecule has 12 heteroatoms. The van der Waals surface area contributed by atoms with Gasteiger partial charge in [0.05, 0.1) is 22.0 Å². The molecule has 32 heavy (non-hydrogen) atoms. The number of halogens is 2. The van der Waals surface area contributed by atoms with Crippen LogP contribution in [0.25, 0.3) is 11.2 Å². The summed E-state index contributed by atoms with van der Waals surface area (Å²) in [5.41, 5.74) is 1.50. The van der Waals surface area contributed by atoms with E-state index in [1.165, 1.54) is 36.5 Å². The third-order valence-corrected chi connectivity index (χ3v) is 6.17. The van der Waals surface area contributed by atoms with E-state index < -0.39 is 15.8 Å². The van der Waals surface area contributed by atoms with E-state index in [-0.39, 0.29) is 27.9 Å². The van der Waals surface area contributed by atoms with Gasteiger partial charge in [0.25, 0.3) is 0 Å². The summed E-state index contributed by atoms with van der Waals surface area (Å²) >= 11 is 5.80. The fourth-order valence-corrected chi connectivity index (χ4v) is 4.13. The number of amidine groups is 1. The molecule has 0 aliphatic rings. The summed E-state index contributed by atoms with van der Waals surface area (Å²) in [6, 6.07) is 13.5. The van der Waals surface area contributed by atoms with Crippen LogP contribution in [0.15, 0.2) is 70.8 Å². The van der Waals surface area contributed by atoms with Gasteiger partial charge in [0.15, 0.2) is 11.5 Å². The Morgan fingerprint density at radius 3 is 2.69 bits per heavy atom. The molecule has 0 saturated heterocycles. The third kappa shape index (κ3) is 4.54. The number of H-pyrrole nitrogens is 1. The molecule has 2 heterocycles. The van der Waals surface area contributed by atoms with Crippen LogP contribution in [-0.4, -0.2) is 34.4 Å². The normalized spacial score (nSPS) is 12.2. The Morgan fingerprint density at radius 2 is 1.97 bits per heavy atom. The van der Waals surface area contributed by atoms with Crippen LogP contribution >= 0.6 is 11.6 Å². The Hall–Kier alpha value is -3.54. The number of aromatic amines is 1. The SMILES string of the molecule is O=S(=O)(NCc1nc2nccc(C(=NO)Nc3ccc(F)c(Cl)c3)c2[nH]1)c1ccccc1. The zero-order valence-electron chi connectivity index (χ0n) is 16.3. The predicted octanol–water partition coefficient (Wildman–Crippen LogP) is 3.48. The fourth-order valence-electron chi connectivity index (χ4n) is 2.94. The van der Waals surface area contributed by atoms with Crippen molar-refractivity contribution >= 4 is 44.3 Å². The molecule has 0 aliphatic carbocycles. The largest absolute Gasteiger partial charge is 0.409 e. The van der Waals surface area contributed by atoms with Crippen LogP contribution in [0.4, 0.5) is 10.1 Å². The van der Waals surface area contributed by atoms with Gasteiger partial charge >= 0.3 is 0 Å². The Labute approximate surface area is 187 Å². The smallest absolute Gasteiger partial charge is 0.240 e. The molecule has 164 valence electrons. The van der Waals surface area contributed by atoms with Crippen molar-refractivity contribution in [3.8, 4) is 0 Å². The molecule has 0 amide bonds. The number of rotatable bonds is 6. The zero-order valence-corrected chi connectivity index (χ0v) is 17.8. The minimum atomic E-state index is -3.72. The maximum atomic E-state index is 13.4. The summed E-state index contributed by atoms with van der Waals surface area (Å²) in [5, 5.41) is 15.6. The molecular weight excluding hydrogens is 459 g/mol. The molecule has 0 fully saturated rings. The van der Waals surface area contributed by atoms with Gasteiger partial charge in [0.1, 0.15) is 11.6 Å². The highest BCUT2D eigenvalue weighted by Crippen LogP contribution is 2.22. The molecule has 0 spiro atoms. The lowest BCUT2D eigenvalue weighted by molar-refractivity contribution is 0.319. The number of benzene rings is 2. The molecule has 2 aromatic carbocycles. The molecule has 0 unspecified atom stereocenters. The molecule has 0 atom stereocenters. The van der Waals surface area contributed by atoms with Crippen LogP contribution in [0.2, 0.25) is 5.02 Å². The number of imidazole rings is 1. The van der Waals surface area contributed by atoms with Gasteiger partial charge in [-0.15, -0.1) is 0 Å². The monoisotopic (exact) mass is 474 g/mol. The number of nitrogens with one attached hydrogen (secondary N) is 3. The second-order valence-corrected chi connectivity index (χ2v) is 8.75. The lowest BCUT2D eigenvalue weighted by Crippen LogP contribution is -2.23. The van der Waals surface area contributed by atoms with Gasteiger partial charge in [-0.2, -0.15) is 0 Å². The van der Waals surface area contributed by atoms with E-state index in [2.05, 4.69) is 30.1 Å². The second-order valence-electron chi connectivity index (χ2n) is 6.58. The minimum Gasteiger partial charge on any atom is -0.409 e. The molecule has 2 aromatic heterocycles. The number of aromatic nitrogens is 3. The van der Waals surface area contributed by atoms with Gasteiger partial charge in [0.2, 0.25) is 10.0 Å². The van der Waals surface area contributed by atoms with Gasteiger partial charge in [-0.1, -0.05) is 35.0 Å². The van der Waals surface area contributed by atoms with E-state index in [0.717, 1.165) is 0 Å². The Bertz CT molecular complexity index is 1410. The van der Waals surface area contributed by atoms with E-state index in [1.54, 1.807) is 24.3 Å². The molecule has 0 bridgehead atoms. The molecule has 4 rings (SSSR count). The van der Waals surface area contributed by atoms with Gasteiger partial charge in [0, 0.05) is 17.4 Å². The number of oxime groups is 1. The minimum absolute atomic E-state index is 0.0279. The number of pyridine rings is 1. The van der Waals surface area contributed by atoms with Crippen LogP contribution in [0.3, 0.4) is 0 Å². The van der Waals surface area contributed by atoms with Crippen LogP contribution < -0.4 is 10.0 Å². The number of hydrogen-bond acceptors (Lipinski definition) is 6. The van der Waals surface area contributed by atoms with E-state index in [9.17, 15) is 18.0 Å². The summed E-state index contributed by atoms with van der Waals surface area (Å²) in [6.07, 6.45) is 1.46. The maximum absolute atomic E-state index is 13.4. The van der Waals surface area contributed by atoms with E-state index in [1.807, 2.05) is 0 Å². The standard InChI is InChI=1S/C20H16ClFN6O3S/c21-15-10-12(6-7-16(15)22)25-19(28-29)14-8-9-23-20-18(14)26-17(27-20)11-24-32(30,31)13-4-2-1-3-5-13/h1-10,24,29H,11H2,(H,25,28)(H,23,26,27). The third-order valence-electron chi connectivity index (χ3n) is 4.46. The van der Waals surface area contributed by atoms with Crippen LogP contribution in [-0.2, 0) is 16.6 Å². The Kier molecular flexibility index (Phi) is 6.04. The summed E-state index contributed by atoms with van der Waals surface area (Å²) in [7, 11) is -3.72. The van der Waals surface area contributed by atoms with Gasteiger partial charge in [-0.3, -0.25) is 0 Å². The molecule has 0 radical (unpaired) electrons. The first kappa shape index (κ1) is 21.7. The van der Waals surface area contributed by atoms with Crippen molar-refractivity contribution in [3.05, 3.63) is 83.0 Å². The van der Waals surface area contributed by atoms with Gasteiger partial charge < -0.3 is 15.5 Å². The fraction of sp³-hybridized carbons (Fsp3) is 0.0500. The van der Waals surface area contributed by atoms with Crippen molar-refractivity contribution in [2.24, 2.45) is 5.16 Å². The first-order valence-corrected chi connectivity index (χ1v) is 11.1. The lowest BCUT2D eigenvalue weighted by atomic mass is 10.2. The average molecular weight is 475 g/mol. The van der Waals surface area contributed by atoms with Crippen molar-refractivity contribution in [1.82, 2.24) is 19.7 Å². The Morgan fingerprint density at radius 1 is 1.19 bits per heavy atom. The molecule has 4 aromatic rings. The zero-order chi connectivity index (χ0) is 22.7. The highest BCUT2D eigenvalue weighted by Gasteiger charge is 2.17. The highest BCUT2D eigenvalue weighted by atomic mass is 35.5. The predicted molar refractivity (Wildman–Crippen MR) is 118 cm³/mol. The Balaban J connectivity index is 1.59. The number of sulfonamides is 1. The molecule has 4 N–H and O–H groups in total. The average Bonchev–Trinajstić information content (AvgIpc) is 3.23. The van der Waals surface area contributed by atoms with Crippen molar-refractivity contribution < 1.29 is 18.0 Å². The van der Waals surface area contributed by atoms with Crippen LogP contribution in [0.5, 0.6) is 0 Å². The number of nitrogens with zero attached hydrogens (tertiary/aromatic N) is 3. The first-order valence-electron chi connectivity index (χ1n) is 9.20. The van der Waals surface area contributed by atoms with Crippen molar-refractivity contribution in [1.29, 1.82) is 0 Å². The van der Waals surface area contributed by atoms with Crippen LogP contribution in [0.1, 0.15) is 11.4 Å². The second kappa shape index (κ2) is 8.91. The number of fused-ring (bicyclic) bond motifs is 1.